The minimum absolute atomic E-state index is 0.0250. The number of carbonyl (C=O) groups is 1. The van der Waals surface area contributed by atoms with Crippen molar-refractivity contribution in [2.75, 3.05) is 0 Å². The number of amides is 1. The van der Waals surface area contributed by atoms with Crippen LogP contribution >= 0.6 is 0 Å². The van der Waals surface area contributed by atoms with Crippen LogP contribution in [0.1, 0.15) is 39.5 Å². The van der Waals surface area contributed by atoms with Gasteiger partial charge >= 0.3 is 0 Å². The third-order valence-corrected chi connectivity index (χ3v) is 4.58. The van der Waals surface area contributed by atoms with E-state index in [1.54, 1.807) is 42.5 Å². The molecule has 0 saturated carbocycles. The average molecular weight is 440 g/mol. The van der Waals surface area contributed by atoms with Crippen LogP contribution in [0.3, 0.4) is 0 Å². The largest absolute Gasteiger partial charge is 0.393 e. The maximum Gasteiger partial charge on any atom is 0.244 e. The second-order valence-electron chi connectivity index (χ2n) is 7.87. The summed E-state index contributed by atoms with van der Waals surface area (Å²) in [6.45, 7) is 3.95. The van der Waals surface area contributed by atoms with Gasteiger partial charge in [-0.2, -0.15) is 0 Å². The van der Waals surface area contributed by atoms with E-state index in [0.717, 1.165) is 12.0 Å². The van der Waals surface area contributed by atoms with E-state index in [0.29, 0.717) is 6.42 Å². The molecule has 1 rings (SSSR count). The van der Waals surface area contributed by atoms with E-state index in [-0.39, 0.29) is 24.8 Å². The van der Waals surface area contributed by atoms with Crippen LogP contribution in [-0.4, -0.2) is 45.6 Å². The van der Waals surface area contributed by atoms with E-state index in [1.807, 2.05) is 56.4 Å². The molecule has 1 heterocycles. The summed E-state index contributed by atoms with van der Waals surface area (Å²) >= 11 is 0. The third-order valence-electron chi connectivity index (χ3n) is 4.58. The number of nitrogens with one attached hydrogen (secondary N) is 1. The van der Waals surface area contributed by atoms with Gasteiger partial charge in [0, 0.05) is 18.5 Å². The highest BCUT2D eigenvalue weighted by atomic mass is 16.3. The predicted octanol–water partition coefficient (Wildman–Crippen LogP) is 3.99. The Balaban J connectivity index is 2.79. The first-order valence-electron chi connectivity index (χ1n) is 11.1. The molecule has 5 heteroatoms. The predicted molar refractivity (Wildman–Crippen MR) is 132 cm³/mol. The molecule has 1 aliphatic rings. The van der Waals surface area contributed by atoms with Crippen molar-refractivity contribution < 1.29 is 20.1 Å². The van der Waals surface area contributed by atoms with Gasteiger partial charge in [-0.25, -0.2) is 0 Å². The van der Waals surface area contributed by atoms with Gasteiger partial charge in [0.05, 0.1) is 18.3 Å². The van der Waals surface area contributed by atoms with Gasteiger partial charge in [-0.05, 0) is 33.1 Å². The smallest absolute Gasteiger partial charge is 0.244 e. The Morgan fingerprint density at radius 1 is 0.781 bits per heavy atom. The molecular weight excluding hydrogens is 402 g/mol. The number of allylic oxidation sites excluding steroid dienone is 12. The Kier molecular flexibility index (Phi) is 14.4. The van der Waals surface area contributed by atoms with Crippen LogP contribution in [0.15, 0.2) is 96.7 Å². The summed E-state index contributed by atoms with van der Waals surface area (Å²) in [6, 6.07) is 0.0250. The van der Waals surface area contributed by atoms with Crippen LogP contribution in [0, 0.1) is 0 Å². The molecule has 0 fully saturated rings. The van der Waals surface area contributed by atoms with Crippen molar-refractivity contribution in [1.82, 2.24) is 5.32 Å². The fraction of sp³-hybridized carbons (Fsp3) is 0.370. The van der Waals surface area contributed by atoms with Crippen LogP contribution in [0.4, 0.5) is 0 Å². The zero-order valence-corrected chi connectivity index (χ0v) is 19.0. The summed E-state index contributed by atoms with van der Waals surface area (Å²) in [7, 11) is 0. The first-order valence-corrected chi connectivity index (χ1v) is 11.1. The minimum Gasteiger partial charge on any atom is -0.393 e. The molecule has 0 unspecified atom stereocenters. The molecular formula is C27H37NO4. The highest BCUT2D eigenvalue weighted by Crippen LogP contribution is 2.10. The van der Waals surface area contributed by atoms with Gasteiger partial charge in [0.25, 0.3) is 0 Å². The first kappa shape index (κ1) is 27.3. The number of carbonyl (C=O) groups excluding carboxylic acids is 1. The van der Waals surface area contributed by atoms with E-state index < -0.39 is 18.3 Å². The third kappa shape index (κ3) is 15.1. The van der Waals surface area contributed by atoms with Crippen molar-refractivity contribution in [2.45, 2.75) is 63.9 Å². The molecule has 0 aromatic rings. The first-order chi connectivity index (χ1) is 15.4. The van der Waals surface area contributed by atoms with Crippen molar-refractivity contribution in [1.29, 1.82) is 0 Å². The van der Waals surface area contributed by atoms with Gasteiger partial charge < -0.3 is 20.6 Å². The number of aliphatic hydroxyl groups is 3. The van der Waals surface area contributed by atoms with Crippen LogP contribution in [0.2, 0.25) is 0 Å². The summed E-state index contributed by atoms with van der Waals surface area (Å²) in [5, 5.41) is 33.0. The van der Waals surface area contributed by atoms with Crippen LogP contribution < -0.4 is 5.32 Å². The molecule has 0 aromatic carbocycles. The summed E-state index contributed by atoms with van der Waals surface area (Å²) < 4.78 is 0. The molecule has 0 saturated heterocycles. The molecule has 0 aromatic heterocycles. The Labute approximate surface area is 192 Å². The lowest BCUT2D eigenvalue weighted by molar-refractivity contribution is -0.117. The molecule has 0 radical (unpaired) electrons. The van der Waals surface area contributed by atoms with E-state index in [2.05, 4.69) is 5.32 Å². The molecule has 32 heavy (non-hydrogen) atoms. The second kappa shape index (κ2) is 16.9. The van der Waals surface area contributed by atoms with Crippen molar-refractivity contribution in [3.63, 3.8) is 0 Å². The Morgan fingerprint density at radius 3 is 2.22 bits per heavy atom. The molecule has 5 nitrogen and oxygen atoms in total. The van der Waals surface area contributed by atoms with E-state index >= 15 is 0 Å². The lowest BCUT2D eigenvalue weighted by Crippen LogP contribution is -2.30. The second-order valence-corrected chi connectivity index (χ2v) is 7.87. The van der Waals surface area contributed by atoms with E-state index in [9.17, 15) is 20.1 Å². The molecule has 0 aliphatic carbocycles. The molecule has 4 N–H and O–H groups in total. The Hall–Kier alpha value is -2.73. The van der Waals surface area contributed by atoms with Crippen molar-refractivity contribution in [3.05, 3.63) is 96.7 Å². The average Bonchev–Trinajstić information content (AvgIpc) is 2.72. The van der Waals surface area contributed by atoms with Gasteiger partial charge in [-0.15, -0.1) is 0 Å². The van der Waals surface area contributed by atoms with Crippen LogP contribution in [-0.2, 0) is 4.79 Å². The van der Waals surface area contributed by atoms with Crippen molar-refractivity contribution >= 4 is 5.91 Å². The maximum atomic E-state index is 11.9. The molecule has 1 aliphatic heterocycles. The fourth-order valence-corrected chi connectivity index (χ4v) is 2.89. The summed E-state index contributed by atoms with van der Waals surface area (Å²) in [5.74, 6) is -0.150. The lowest BCUT2D eigenvalue weighted by Gasteiger charge is -2.16. The van der Waals surface area contributed by atoms with E-state index in [1.165, 1.54) is 6.08 Å². The summed E-state index contributed by atoms with van der Waals surface area (Å²) in [6.07, 6.45) is 26.3. The number of rotatable bonds is 0. The van der Waals surface area contributed by atoms with Gasteiger partial charge in [0.1, 0.15) is 0 Å². The SMILES string of the molecule is CC1=C\C=C\C[C@H](C)NC(=O)/C=C/C=C/C=C/C[C@@H](O)C[C@@H](O)C[C@@H](O)/C=C/C=C\C=C\1. The van der Waals surface area contributed by atoms with Crippen molar-refractivity contribution in [3.8, 4) is 0 Å². The summed E-state index contributed by atoms with van der Waals surface area (Å²) in [4.78, 5) is 11.9. The van der Waals surface area contributed by atoms with Gasteiger partial charge in [-0.1, -0.05) is 90.6 Å². The van der Waals surface area contributed by atoms with Crippen molar-refractivity contribution in [2.24, 2.45) is 0 Å². The zero-order valence-electron chi connectivity index (χ0n) is 19.0. The number of hydrogen-bond donors (Lipinski definition) is 4. The molecule has 4 atom stereocenters. The zero-order chi connectivity index (χ0) is 23.6. The highest BCUT2D eigenvalue weighted by molar-refractivity contribution is 5.87. The normalized spacial score (nSPS) is 35.9. The van der Waals surface area contributed by atoms with Crippen LogP contribution in [0.5, 0.6) is 0 Å². The van der Waals surface area contributed by atoms with Gasteiger partial charge in [0.15, 0.2) is 0 Å². The van der Waals surface area contributed by atoms with Crippen LogP contribution in [0.25, 0.3) is 0 Å². The highest BCUT2D eigenvalue weighted by Gasteiger charge is 2.13. The standard InChI is InChI=1S/C27H37NO4/c1-22-14-8-6-7-10-18-25(30)21-26(31)20-24(29)17-9-4-3-5-11-19-27(32)28-23(2)16-13-12-15-22/h3-15,18-19,23-26,29-31H,16-17,20-21H2,1-2H3,(H,28,32)/b5-3+,7-6-,9-4+,13-12+,14-8+,18-10+,19-11+,22-15+/t23-,24+,25-,26+/m0/s1. The molecule has 1 amide bonds. The Morgan fingerprint density at radius 2 is 1.44 bits per heavy atom. The molecule has 0 spiro atoms. The maximum absolute atomic E-state index is 11.9. The topological polar surface area (TPSA) is 89.8 Å². The minimum atomic E-state index is -0.791. The number of hydrogen-bond acceptors (Lipinski definition) is 4. The van der Waals surface area contributed by atoms with E-state index in [4.69, 9.17) is 0 Å². The molecule has 0 bridgehead atoms. The quantitative estimate of drug-likeness (QED) is 0.459. The summed E-state index contributed by atoms with van der Waals surface area (Å²) in [5.41, 5.74) is 1.08. The van der Waals surface area contributed by atoms with Gasteiger partial charge in [0.2, 0.25) is 5.91 Å². The monoisotopic (exact) mass is 439 g/mol. The molecule has 174 valence electrons. The lowest BCUT2D eigenvalue weighted by atomic mass is 10.0. The Bertz CT molecular complexity index is 783. The fourth-order valence-electron chi connectivity index (χ4n) is 2.89. The van der Waals surface area contributed by atoms with Gasteiger partial charge in [-0.3, -0.25) is 4.79 Å². The number of aliphatic hydroxyl groups excluding tert-OH is 3.